The number of aromatic nitrogens is 4. The summed E-state index contributed by atoms with van der Waals surface area (Å²) in [5.74, 6) is 1.57. The van der Waals surface area contributed by atoms with Gasteiger partial charge in [-0.2, -0.15) is 4.98 Å². The minimum absolute atomic E-state index is 0.238. The van der Waals surface area contributed by atoms with Crippen LogP contribution in [0.25, 0.3) is 23.1 Å². The summed E-state index contributed by atoms with van der Waals surface area (Å²) >= 11 is 3.32. The highest BCUT2D eigenvalue weighted by atomic mass is 79.9. The number of nitrogens with zero attached hydrogens (tertiary/aromatic N) is 4. The molecule has 0 aliphatic heterocycles. The van der Waals surface area contributed by atoms with Gasteiger partial charge in [0.05, 0.1) is 0 Å². The van der Waals surface area contributed by atoms with Gasteiger partial charge in [-0.25, -0.2) is 9.37 Å². The molecule has 1 aromatic carbocycles. The van der Waals surface area contributed by atoms with Crippen molar-refractivity contribution in [2.45, 2.75) is 18.8 Å². The summed E-state index contributed by atoms with van der Waals surface area (Å²) in [4.78, 5) is 8.73. The topological polar surface area (TPSA) is 56.7 Å². The zero-order valence-corrected chi connectivity index (χ0v) is 13.3. The van der Waals surface area contributed by atoms with E-state index in [1.54, 1.807) is 12.1 Å². The van der Waals surface area contributed by atoms with Crippen molar-refractivity contribution in [3.8, 4) is 23.1 Å². The van der Waals surface area contributed by atoms with Crippen molar-refractivity contribution in [2.75, 3.05) is 0 Å². The Balaban J connectivity index is 1.77. The second-order valence-electron chi connectivity index (χ2n) is 5.43. The van der Waals surface area contributed by atoms with Crippen molar-refractivity contribution in [1.29, 1.82) is 0 Å². The van der Waals surface area contributed by atoms with Crippen LogP contribution in [0.15, 0.2) is 33.5 Å². The molecule has 0 spiro atoms. The molecule has 0 saturated heterocycles. The molecule has 1 saturated carbocycles. The van der Waals surface area contributed by atoms with Gasteiger partial charge >= 0.3 is 0 Å². The Labute approximate surface area is 134 Å². The Morgan fingerprint density at radius 1 is 1.32 bits per heavy atom. The van der Waals surface area contributed by atoms with E-state index in [2.05, 4.69) is 31.1 Å². The molecule has 3 aromatic rings. The van der Waals surface area contributed by atoms with Crippen LogP contribution in [0.5, 0.6) is 0 Å². The average Bonchev–Trinajstić information content (AvgIpc) is 3.13. The van der Waals surface area contributed by atoms with Crippen molar-refractivity contribution in [1.82, 2.24) is 19.7 Å². The molecule has 1 fully saturated rings. The number of hydrogen-bond donors (Lipinski definition) is 0. The maximum absolute atomic E-state index is 13.5. The summed E-state index contributed by atoms with van der Waals surface area (Å²) in [6.45, 7) is 0. The van der Waals surface area contributed by atoms with Crippen molar-refractivity contribution in [3.05, 3.63) is 40.4 Å². The minimum atomic E-state index is -0.238. The fourth-order valence-corrected chi connectivity index (χ4v) is 3.00. The predicted molar refractivity (Wildman–Crippen MR) is 81.6 cm³/mol. The van der Waals surface area contributed by atoms with E-state index in [9.17, 15) is 4.39 Å². The van der Waals surface area contributed by atoms with E-state index < -0.39 is 0 Å². The normalized spacial score (nSPS) is 14.5. The molecule has 1 aliphatic rings. The van der Waals surface area contributed by atoms with E-state index in [0.717, 1.165) is 24.0 Å². The summed E-state index contributed by atoms with van der Waals surface area (Å²) in [7, 11) is 1.86. The molecule has 4 rings (SSSR count). The molecule has 0 unspecified atom stereocenters. The Bertz CT molecular complexity index is 853. The quantitative estimate of drug-likeness (QED) is 0.708. The third kappa shape index (κ3) is 2.35. The van der Waals surface area contributed by atoms with Gasteiger partial charge < -0.3 is 9.09 Å². The fraction of sp³-hybridized carbons (Fsp3) is 0.267. The van der Waals surface area contributed by atoms with Crippen LogP contribution in [0.2, 0.25) is 0 Å². The van der Waals surface area contributed by atoms with Gasteiger partial charge in [0.15, 0.2) is 5.82 Å². The number of halogens is 2. The second-order valence-corrected chi connectivity index (χ2v) is 6.24. The molecule has 0 atom stereocenters. The highest BCUT2D eigenvalue weighted by Gasteiger charge is 2.28. The van der Waals surface area contributed by atoms with Gasteiger partial charge in [0, 0.05) is 18.8 Å². The van der Waals surface area contributed by atoms with Crippen molar-refractivity contribution in [3.63, 3.8) is 0 Å². The Hall–Kier alpha value is -2.02. The van der Waals surface area contributed by atoms with E-state index in [4.69, 9.17) is 4.52 Å². The number of benzene rings is 1. The van der Waals surface area contributed by atoms with Gasteiger partial charge in [0.25, 0.3) is 5.89 Å². The molecule has 5 nitrogen and oxygen atoms in total. The van der Waals surface area contributed by atoms with Crippen LogP contribution in [0.3, 0.4) is 0 Å². The maximum Gasteiger partial charge on any atom is 0.258 e. The van der Waals surface area contributed by atoms with E-state index in [0.29, 0.717) is 28.1 Å². The number of hydrogen-bond acceptors (Lipinski definition) is 4. The van der Waals surface area contributed by atoms with Crippen LogP contribution < -0.4 is 0 Å². The van der Waals surface area contributed by atoms with Gasteiger partial charge in [0.1, 0.15) is 10.4 Å². The Kier molecular flexibility index (Phi) is 3.11. The SMILES string of the molecule is Cn1cc(Br)nc1-c1noc(-c2ccc(F)cc2C2CC2)n1. The highest BCUT2D eigenvalue weighted by molar-refractivity contribution is 9.10. The summed E-state index contributed by atoms with van der Waals surface area (Å²) in [6, 6.07) is 4.69. The summed E-state index contributed by atoms with van der Waals surface area (Å²) in [6.07, 6.45) is 3.96. The van der Waals surface area contributed by atoms with E-state index in [-0.39, 0.29) is 5.82 Å². The van der Waals surface area contributed by atoms with Crippen molar-refractivity contribution < 1.29 is 8.91 Å². The standard InChI is InChI=1S/C15H12BrFN4O/c1-21-7-12(16)18-14(21)13-19-15(22-20-13)10-5-4-9(17)6-11(10)8-2-3-8/h4-8H,2-3H2,1H3. The molecule has 22 heavy (non-hydrogen) atoms. The summed E-state index contributed by atoms with van der Waals surface area (Å²) in [5.41, 5.74) is 1.74. The van der Waals surface area contributed by atoms with Gasteiger partial charge in [-0.3, -0.25) is 0 Å². The molecule has 0 bridgehead atoms. The Morgan fingerprint density at radius 2 is 2.14 bits per heavy atom. The maximum atomic E-state index is 13.5. The first kappa shape index (κ1) is 13.6. The first-order valence-corrected chi connectivity index (χ1v) is 7.74. The molecule has 2 aromatic heterocycles. The summed E-state index contributed by atoms with van der Waals surface area (Å²) in [5, 5.41) is 4.00. The average molecular weight is 363 g/mol. The fourth-order valence-electron chi connectivity index (χ4n) is 2.52. The largest absolute Gasteiger partial charge is 0.333 e. The highest BCUT2D eigenvalue weighted by Crippen LogP contribution is 2.44. The number of imidazole rings is 1. The zero-order valence-electron chi connectivity index (χ0n) is 11.8. The van der Waals surface area contributed by atoms with Gasteiger partial charge in [-0.15, -0.1) is 0 Å². The third-order valence-corrected chi connectivity index (χ3v) is 4.12. The first-order valence-electron chi connectivity index (χ1n) is 6.94. The molecular formula is C15H12BrFN4O. The lowest BCUT2D eigenvalue weighted by atomic mass is 10.0. The van der Waals surface area contributed by atoms with Crippen LogP contribution >= 0.6 is 15.9 Å². The van der Waals surface area contributed by atoms with Crippen LogP contribution in [-0.4, -0.2) is 19.7 Å². The third-order valence-electron chi connectivity index (χ3n) is 3.73. The monoisotopic (exact) mass is 362 g/mol. The molecule has 2 heterocycles. The van der Waals surface area contributed by atoms with Crippen molar-refractivity contribution >= 4 is 15.9 Å². The first-order chi connectivity index (χ1) is 10.6. The van der Waals surface area contributed by atoms with Gasteiger partial charge in [-0.05, 0) is 58.5 Å². The van der Waals surface area contributed by atoms with E-state index in [1.165, 1.54) is 6.07 Å². The number of rotatable bonds is 3. The molecule has 7 heteroatoms. The second kappa shape index (κ2) is 5.01. The van der Waals surface area contributed by atoms with Crippen molar-refractivity contribution in [2.24, 2.45) is 7.05 Å². The lowest BCUT2D eigenvalue weighted by Crippen LogP contribution is -1.93. The molecule has 0 amide bonds. The van der Waals surface area contributed by atoms with Crippen LogP contribution in [0.1, 0.15) is 24.3 Å². The van der Waals surface area contributed by atoms with Crippen LogP contribution in [-0.2, 0) is 7.05 Å². The minimum Gasteiger partial charge on any atom is -0.333 e. The molecule has 0 N–H and O–H groups in total. The van der Waals surface area contributed by atoms with Crippen LogP contribution in [0, 0.1) is 5.82 Å². The lowest BCUT2D eigenvalue weighted by molar-refractivity contribution is 0.431. The van der Waals surface area contributed by atoms with E-state index >= 15 is 0 Å². The molecule has 1 aliphatic carbocycles. The number of aryl methyl sites for hydroxylation is 1. The van der Waals surface area contributed by atoms with E-state index in [1.807, 2.05) is 17.8 Å². The summed E-state index contributed by atoms with van der Waals surface area (Å²) < 4.78 is 21.4. The predicted octanol–water partition coefficient (Wildman–Crippen LogP) is 3.92. The molecule has 0 radical (unpaired) electrons. The Morgan fingerprint density at radius 3 is 2.82 bits per heavy atom. The zero-order chi connectivity index (χ0) is 15.3. The molecule has 112 valence electrons. The lowest BCUT2D eigenvalue weighted by Gasteiger charge is -2.04. The van der Waals surface area contributed by atoms with Gasteiger partial charge in [-0.1, -0.05) is 5.16 Å². The smallest absolute Gasteiger partial charge is 0.258 e. The molecular weight excluding hydrogens is 351 g/mol. The van der Waals surface area contributed by atoms with Crippen LogP contribution in [0.4, 0.5) is 4.39 Å². The van der Waals surface area contributed by atoms with Gasteiger partial charge in [0.2, 0.25) is 5.82 Å².